The third-order valence-electron chi connectivity index (χ3n) is 14.6. The molecule has 5 fully saturated rings. The van der Waals surface area contributed by atoms with Crippen LogP contribution >= 0.6 is 0 Å². The molecule has 0 bridgehead atoms. The minimum absolute atomic E-state index is 0.364. The fourth-order valence-electron chi connectivity index (χ4n) is 11.1. The first-order chi connectivity index (χ1) is 36.6. The second kappa shape index (κ2) is 37.4. The lowest BCUT2D eigenvalue weighted by Gasteiger charge is -2.46. The van der Waals surface area contributed by atoms with Gasteiger partial charge in [0, 0.05) is 207 Å². The number of nitrogens with one attached hydrogen (secondary N) is 5. The molecule has 0 amide bonds. The Morgan fingerprint density at radius 1 is 0.253 bits per heavy atom. The molecule has 0 aromatic rings. The summed E-state index contributed by atoms with van der Waals surface area (Å²) in [5.41, 5.74) is 0. The molecule has 0 saturated carbocycles. The summed E-state index contributed by atoms with van der Waals surface area (Å²) in [4.78, 5) is 12.7. The van der Waals surface area contributed by atoms with Crippen molar-refractivity contribution >= 4 is 44.0 Å². The predicted molar refractivity (Wildman–Crippen MR) is 308 cm³/mol. The lowest BCUT2D eigenvalue weighted by Crippen LogP contribution is -2.69. The molecule has 21 nitrogen and oxygen atoms in total. The molecule has 0 aliphatic carbocycles. The van der Waals surface area contributed by atoms with Crippen molar-refractivity contribution in [3.63, 3.8) is 0 Å². The van der Waals surface area contributed by atoms with E-state index in [1.54, 1.807) is 0 Å². The number of rotatable bonds is 42. The zero-order valence-electron chi connectivity index (χ0n) is 48.4. The summed E-state index contributed by atoms with van der Waals surface area (Å²) in [5.74, 6) is 0. The van der Waals surface area contributed by atoms with Gasteiger partial charge in [-0.05, 0) is 113 Å². The van der Waals surface area contributed by atoms with Crippen LogP contribution in [0.2, 0.25) is 30.2 Å². The highest BCUT2D eigenvalue weighted by Crippen LogP contribution is 2.38. The second-order valence-electron chi connectivity index (χ2n) is 20.3. The van der Waals surface area contributed by atoms with Gasteiger partial charge in [-0.1, -0.05) is 0 Å². The molecule has 2 atom stereocenters. The van der Waals surface area contributed by atoms with Gasteiger partial charge in [0.2, 0.25) is 0 Å². The molecule has 5 N–H and O–H groups in total. The maximum Gasteiger partial charge on any atom is 0.493 e. The lowest BCUT2D eigenvalue weighted by molar-refractivity contribution is 0.0297. The van der Waals surface area contributed by atoms with E-state index in [0.717, 1.165) is 196 Å². The van der Waals surface area contributed by atoms with Crippen molar-refractivity contribution in [1.29, 1.82) is 0 Å². The first kappa shape index (κ1) is 66.0. The Balaban J connectivity index is 1.63. The Hall–Kier alpha value is 0.244. The summed E-state index contributed by atoms with van der Waals surface area (Å²) in [7, 11) is -18.7. The Labute approximate surface area is 461 Å². The van der Waals surface area contributed by atoms with Crippen LogP contribution in [0.1, 0.15) is 80.6 Å². The molecule has 26 heteroatoms. The second-order valence-corrected chi connectivity index (χ2v) is 34.9. The third-order valence-corrected chi connectivity index (χ3v) is 34.5. The van der Waals surface area contributed by atoms with Crippen molar-refractivity contribution in [3.05, 3.63) is 0 Å². The monoisotopic (exact) mass is 1150 g/mol. The molecule has 5 saturated heterocycles. The van der Waals surface area contributed by atoms with Crippen molar-refractivity contribution in [3.8, 4) is 0 Å². The van der Waals surface area contributed by atoms with Gasteiger partial charge in [0.05, 0.1) is 0 Å². The summed E-state index contributed by atoms with van der Waals surface area (Å²) >= 11 is 0. The quantitative estimate of drug-likeness (QED) is 0.0563. The topological polar surface area (TPSA) is 178 Å². The molecule has 5 rings (SSSR count). The van der Waals surface area contributed by atoms with Gasteiger partial charge in [-0.2, -0.15) is 0 Å². The molecule has 5 aliphatic rings. The fraction of sp³-hybridized carbons (Fsp3) is 1.00. The van der Waals surface area contributed by atoms with Crippen LogP contribution in [0, 0.1) is 0 Å². The van der Waals surface area contributed by atoms with Crippen LogP contribution in [0.25, 0.3) is 0 Å². The first-order valence-corrected chi connectivity index (χ1v) is 39.7. The molecule has 0 radical (unpaired) electrons. The van der Waals surface area contributed by atoms with E-state index in [0.29, 0.717) is 76.5 Å². The van der Waals surface area contributed by atoms with Gasteiger partial charge in [0.1, 0.15) is 0 Å². The summed E-state index contributed by atoms with van der Waals surface area (Å²) in [6.45, 7) is 41.7. The minimum atomic E-state index is -3.99. The summed E-state index contributed by atoms with van der Waals surface area (Å²) in [6, 6.07) is 2.92. The summed E-state index contributed by atoms with van der Waals surface area (Å²) in [5, 5.41) is 17.6. The first-order valence-electron chi connectivity index (χ1n) is 30.1. The average molecular weight is 1160 g/mol. The van der Waals surface area contributed by atoms with E-state index in [-0.39, 0.29) is 0 Å². The highest BCUT2D eigenvalue weighted by molar-refractivity contribution is 6.85. The molecule has 5 heterocycles. The van der Waals surface area contributed by atoms with Gasteiger partial charge in [-0.3, -0.25) is 0 Å². The maximum absolute atomic E-state index is 8.08. The largest absolute Gasteiger partial charge is 0.493 e. The van der Waals surface area contributed by atoms with Crippen molar-refractivity contribution in [2.45, 2.75) is 111 Å². The lowest BCUT2D eigenvalue weighted by atomic mass is 10.3. The molecule has 0 aromatic carbocycles. The van der Waals surface area contributed by atoms with Gasteiger partial charge in [0.15, 0.2) is 0 Å². The Morgan fingerprint density at radius 3 is 0.600 bits per heavy atom. The number of hydrogen-bond donors (Lipinski definition) is 5. The Morgan fingerprint density at radius 2 is 0.413 bits per heavy atom. The highest BCUT2D eigenvalue weighted by atomic mass is 28.5. The van der Waals surface area contributed by atoms with Crippen LogP contribution < -0.4 is 26.6 Å². The van der Waals surface area contributed by atoms with Crippen molar-refractivity contribution in [1.82, 2.24) is 51.1 Å². The predicted octanol–water partition coefficient (Wildman–Crippen LogP) is 2.48. The molecular weight excluding hydrogens is 1050 g/mol. The van der Waals surface area contributed by atoms with Crippen LogP contribution in [0.3, 0.4) is 0 Å². The molecular formula is C49H110N10O11Si5. The number of piperazine rings is 5. The van der Waals surface area contributed by atoms with Crippen molar-refractivity contribution < 1.29 is 47.4 Å². The molecule has 442 valence electrons. The average Bonchev–Trinajstić information content (AvgIpc) is 3.41. The standard InChI is InChI=1S/C49H110N10O11Si5/c1-8-60-71(61-9-2,45-15-30-55-35-20-50-21-36-55)67-73(64-12-5,47-17-32-57-39-24-52-25-40-57)69-75(66-14-7,49-19-34-59-43-28-54-29-44-59)70-74(65-13-6,48-18-33-58-41-26-53-27-42-58)68-72(62-10-3,63-11-4)46-16-31-56-37-22-51-23-38-56/h50-54H,8-49H2,1-7H3. The highest BCUT2D eigenvalue weighted by Gasteiger charge is 2.64. The Bertz CT molecular complexity index is 1350. The van der Waals surface area contributed by atoms with Gasteiger partial charge in [-0.15, -0.1) is 0 Å². The van der Waals surface area contributed by atoms with Gasteiger partial charge >= 0.3 is 44.0 Å². The van der Waals surface area contributed by atoms with E-state index in [2.05, 4.69) is 71.9 Å². The van der Waals surface area contributed by atoms with Gasteiger partial charge in [-0.25, -0.2) is 0 Å². The minimum Gasteiger partial charge on any atom is -0.375 e. The molecule has 75 heavy (non-hydrogen) atoms. The van der Waals surface area contributed by atoms with Gasteiger partial charge in [0.25, 0.3) is 0 Å². The Kier molecular flexibility index (Phi) is 32.9. The molecule has 5 aliphatic heterocycles. The van der Waals surface area contributed by atoms with Gasteiger partial charge < -0.3 is 98.5 Å². The maximum atomic E-state index is 8.08. The zero-order chi connectivity index (χ0) is 53.4. The van der Waals surface area contributed by atoms with E-state index >= 15 is 0 Å². The van der Waals surface area contributed by atoms with Crippen molar-refractivity contribution in [2.24, 2.45) is 0 Å². The zero-order valence-corrected chi connectivity index (χ0v) is 53.4. The van der Waals surface area contributed by atoms with Crippen molar-refractivity contribution in [2.75, 3.05) is 210 Å². The third kappa shape index (κ3) is 23.9. The van der Waals surface area contributed by atoms with Crippen LogP contribution in [0.5, 0.6) is 0 Å². The van der Waals surface area contributed by atoms with E-state index in [4.69, 9.17) is 47.4 Å². The fourth-order valence-corrected chi connectivity index (χ4v) is 33.2. The van der Waals surface area contributed by atoms with Crippen LogP contribution in [0.15, 0.2) is 0 Å². The molecule has 2 unspecified atom stereocenters. The van der Waals surface area contributed by atoms with Crippen LogP contribution in [-0.4, -0.2) is 278 Å². The van der Waals surface area contributed by atoms with E-state index in [1.165, 1.54) is 0 Å². The van der Waals surface area contributed by atoms with E-state index in [9.17, 15) is 0 Å². The SMILES string of the molecule is CCO[Si](CCCN1CCNCC1)(OCC)O[Si](CCCN1CCNCC1)(OCC)O[Si](CCCN1CCNCC1)(OCC)O[Si](CCCN1CCNCC1)(OCC)O[Si](CCCN1CCNCC1)(OCC)OCC. The van der Waals surface area contributed by atoms with Crippen LogP contribution in [0.4, 0.5) is 0 Å². The summed E-state index contributed by atoms with van der Waals surface area (Å²) in [6.07, 6.45) is 4.14. The normalized spacial score (nSPS) is 22.3. The number of hydrogen-bond acceptors (Lipinski definition) is 21. The smallest absolute Gasteiger partial charge is 0.375 e. The molecule has 0 spiro atoms. The van der Waals surface area contributed by atoms with E-state index < -0.39 is 44.0 Å². The number of nitrogens with zero attached hydrogens (tertiary/aromatic N) is 5. The van der Waals surface area contributed by atoms with Crippen LogP contribution in [-0.2, 0) is 47.4 Å². The van der Waals surface area contributed by atoms with E-state index in [1.807, 2.05) is 27.7 Å². The summed E-state index contributed by atoms with van der Waals surface area (Å²) < 4.78 is 81.2. The molecule has 0 aromatic heterocycles.